The summed E-state index contributed by atoms with van der Waals surface area (Å²) in [7, 11) is 0. The summed E-state index contributed by atoms with van der Waals surface area (Å²) in [5, 5.41) is 17.8. The van der Waals surface area contributed by atoms with E-state index in [4.69, 9.17) is 4.74 Å². The monoisotopic (exact) mass is 782 g/mol. The van der Waals surface area contributed by atoms with E-state index in [0.717, 1.165) is 33.3 Å². The smallest absolute Gasteiger partial charge is 0.269 e. The number of hydrogen-bond acceptors (Lipinski definition) is 6. The number of nitro benzene ring substituents is 1. The standard InChI is InChI=1S/C22H17I3N4O4/c23-16-3-5-17(6-4-16)26-12-21(30)28-27-11-15-9-19(24)22(20(25)10-15)33-13-14-1-7-18(8-2-14)29(31)32/h1-11,26H,12-13H2,(H,28,30)/b27-11+. The maximum absolute atomic E-state index is 12.0. The van der Waals surface area contributed by atoms with E-state index in [-0.39, 0.29) is 18.1 Å². The zero-order valence-corrected chi connectivity index (χ0v) is 23.4. The van der Waals surface area contributed by atoms with E-state index in [1.165, 1.54) is 12.1 Å². The van der Waals surface area contributed by atoms with Gasteiger partial charge in [-0.2, -0.15) is 5.10 Å². The Morgan fingerprint density at radius 1 is 1.03 bits per heavy atom. The summed E-state index contributed by atoms with van der Waals surface area (Å²) in [6.07, 6.45) is 1.58. The highest BCUT2D eigenvalue weighted by Gasteiger charge is 2.10. The molecule has 0 aliphatic carbocycles. The molecule has 0 bridgehead atoms. The van der Waals surface area contributed by atoms with Gasteiger partial charge in [0.05, 0.1) is 24.8 Å². The third kappa shape index (κ3) is 8.06. The SMILES string of the molecule is O=C(CNc1ccc(I)cc1)N/N=C/c1cc(I)c(OCc2ccc([N+](=O)[O-])cc2)c(I)c1. The van der Waals surface area contributed by atoms with Crippen LogP contribution in [0.5, 0.6) is 5.75 Å². The normalized spacial score (nSPS) is 10.8. The number of nitrogens with one attached hydrogen (secondary N) is 2. The van der Waals surface area contributed by atoms with E-state index < -0.39 is 4.92 Å². The molecular formula is C22H17I3N4O4. The third-order valence-electron chi connectivity index (χ3n) is 4.25. The molecule has 3 aromatic carbocycles. The van der Waals surface area contributed by atoms with Gasteiger partial charge in [-0.25, -0.2) is 5.43 Å². The zero-order valence-electron chi connectivity index (χ0n) is 16.9. The Balaban J connectivity index is 1.53. The van der Waals surface area contributed by atoms with Crippen LogP contribution in [0.4, 0.5) is 11.4 Å². The van der Waals surface area contributed by atoms with Gasteiger partial charge in [0, 0.05) is 21.4 Å². The number of benzene rings is 3. The molecule has 170 valence electrons. The fourth-order valence-corrected chi connectivity index (χ4v) is 5.12. The Kier molecular flexibility index (Phi) is 9.66. The molecule has 0 spiro atoms. The van der Waals surface area contributed by atoms with Crippen LogP contribution in [-0.4, -0.2) is 23.6 Å². The van der Waals surface area contributed by atoms with Gasteiger partial charge < -0.3 is 10.1 Å². The van der Waals surface area contributed by atoms with Gasteiger partial charge in [0.15, 0.2) is 0 Å². The first kappa shape index (κ1) is 25.6. The number of carbonyl (C=O) groups excluding carboxylic acids is 1. The Morgan fingerprint density at radius 2 is 1.67 bits per heavy atom. The van der Waals surface area contributed by atoms with E-state index >= 15 is 0 Å². The van der Waals surface area contributed by atoms with Gasteiger partial charge in [-0.15, -0.1) is 0 Å². The molecule has 0 saturated carbocycles. The minimum absolute atomic E-state index is 0.0456. The Labute approximate surface area is 231 Å². The van der Waals surface area contributed by atoms with Crippen LogP contribution in [0.25, 0.3) is 0 Å². The average molecular weight is 782 g/mol. The van der Waals surface area contributed by atoms with E-state index in [2.05, 4.69) is 83.6 Å². The maximum Gasteiger partial charge on any atom is 0.269 e. The largest absolute Gasteiger partial charge is 0.487 e. The molecule has 0 aromatic heterocycles. The van der Waals surface area contributed by atoms with E-state index in [9.17, 15) is 14.9 Å². The van der Waals surface area contributed by atoms with Crippen LogP contribution in [0.15, 0.2) is 65.8 Å². The fourth-order valence-electron chi connectivity index (χ4n) is 2.63. The Morgan fingerprint density at radius 3 is 2.27 bits per heavy atom. The van der Waals surface area contributed by atoms with Crippen LogP contribution in [0.1, 0.15) is 11.1 Å². The number of anilines is 1. The number of rotatable bonds is 9. The fraction of sp³-hybridized carbons (Fsp3) is 0.0909. The van der Waals surface area contributed by atoms with Crippen molar-refractivity contribution >= 4 is 91.3 Å². The number of ether oxygens (including phenoxy) is 1. The molecule has 3 rings (SSSR count). The number of halogens is 3. The van der Waals surface area contributed by atoms with E-state index in [1.54, 1.807) is 18.3 Å². The van der Waals surface area contributed by atoms with Gasteiger partial charge in [-0.1, -0.05) is 0 Å². The van der Waals surface area contributed by atoms with Crippen molar-refractivity contribution in [2.24, 2.45) is 5.10 Å². The number of hydrazone groups is 1. The van der Waals surface area contributed by atoms with Crippen LogP contribution < -0.4 is 15.5 Å². The van der Waals surface area contributed by atoms with Crippen molar-refractivity contribution in [1.29, 1.82) is 0 Å². The van der Waals surface area contributed by atoms with Crippen molar-refractivity contribution in [2.45, 2.75) is 6.61 Å². The van der Waals surface area contributed by atoms with Gasteiger partial charge in [0.2, 0.25) is 0 Å². The van der Waals surface area contributed by atoms with Crippen molar-refractivity contribution in [3.05, 3.63) is 92.6 Å². The summed E-state index contributed by atoms with van der Waals surface area (Å²) in [4.78, 5) is 22.3. The molecule has 0 aliphatic heterocycles. The first-order valence-corrected chi connectivity index (χ1v) is 12.7. The lowest BCUT2D eigenvalue weighted by atomic mass is 10.2. The average Bonchev–Trinajstić information content (AvgIpc) is 2.78. The minimum atomic E-state index is -0.431. The molecular weight excluding hydrogens is 765 g/mol. The highest BCUT2D eigenvalue weighted by atomic mass is 127. The molecule has 0 saturated heterocycles. The molecule has 3 aromatic rings. The van der Waals surface area contributed by atoms with E-state index in [1.807, 2.05) is 36.4 Å². The number of hydrogen-bond donors (Lipinski definition) is 2. The molecule has 1 amide bonds. The second-order valence-electron chi connectivity index (χ2n) is 6.68. The molecule has 33 heavy (non-hydrogen) atoms. The van der Waals surface area contributed by atoms with Gasteiger partial charge in [0.1, 0.15) is 12.4 Å². The minimum Gasteiger partial charge on any atom is -0.487 e. The van der Waals surface area contributed by atoms with Gasteiger partial charge in [-0.05, 0) is 127 Å². The third-order valence-corrected chi connectivity index (χ3v) is 6.57. The number of carbonyl (C=O) groups is 1. The predicted molar refractivity (Wildman–Crippen MR) is 153 cm³/mol. The summed E-state index contributed by atoms with van der Waals surface area (Å²) >= 11 is 6.58. The van der Waals surface area contributed by atoms with Crippen molar-refractivity contribution in [1.82, 2.24) is 5.43 Å². The van der Waals surface area contributed by atoms with Crippen LogP contribution in [-0.2, 0) is 11.4 Å². The van der Waals surface area contributed by atoms with Crippen LogP contribution in [0.3, 0.4) is 0 Å². The van der Waals surface area contributed by atoms with Crippen molar-refractivity contribution in [3.63, 3.8) is 0 Å². The quantitative estimate of drug-likeness (QED) is 0.128. The summed E-state index contributed by atoms with van der Waals surface area (Å²) in [6.45, 7) is 0.406. The predicted octanol–water partition coefficient (Wildman–Crippen LogP) is 5.55. The second-order valence-corrected chi connectivity index (χ2v) is 10.2. The second kappa shape index (κ2) is 12.5. The van der Waals surface area contributed by atoms with Crippen molar-refractivity contribution in [2.75, 3.05) is 11.9 Å². The summed E-state index contributed by atoms with van der Waals surface area (Å²) in [6, 6.07) is 17.8. The summed E-state index contributed by atoms with van der Waals surface area (Å²) in [5.74, 6) is 0.467. The number of non-ortho nitro benzene ring substituents is 1. The van der Waals surface area contributed by atoms with Gasteiger partial charge in [0.25, 0.3) is 11.6 Å². The summed E-state index contributed by atoms with van der Waals surface area (Å²) in [5.41, 5.74) is 5.07. The zero-order chi connectivity index (χ0) is 23.8. The van der Waals surface area contributed by atoms with Crippen molar-refractivity contribution < 1.29 is 14.5 Å². The first-order valence-electron chi connectivity index (χ1n) is 9.48. The molecule has 0 radical (unpaired) electrons. The van der Waals surface area contributed by atoms with Gasteiger partial charge >= 0.3 is 0 Å². The highest BCUT2D eigenvalue weighted by molar-refractivity contribution is 14.1. The van der Waals surface area contributed by atoms with Gasteiger partial charge in [-0.3, -0.25) is 14.9 Å². The lowest BCUT2D eigenvalue weighted by Crippen LogP contribution is -2.25. The molecule has 2 N–H and O–H groups in total. The molecule has 0 atom stereocenters. The molecule has 0 heterocycles. The van der Waals surface area contributed by atoms with Crippen LogP contribution in [0.2, 0.25) is 0 Å². The van der Waals surface area contributed by atoms with Crippen LogP contribution >= 0.6 is 67.8 Å². The van der Waals surface area contributed by atoms with E-state index in [0.29, 0.717) is 6.61 Å². The molecule has 0 aliphatic rings. The molecule has 0 fully saturated rings. The number of nitro groups is 1. The summed E-state index contributed by atoms with van der Waals surface area (Å²) < 4.78 is 8.82. The molecule has 11 heteroatoms. The topological polar surface area (TPSA) is 106 Å². The number of amides is 1. The number of nitrogens with zero attached hydrogens (tertiary/aromatic N) is 2. The lowest BCUT2D eigenvalue weighted by molar-refractivity contribution is -0.384. The van der Waals surface area contributed by atoms with Crippen molar-refractivity contribution in [3.8, 4) is 5.75 Å². The Bertz CT molecular complexity index is 1150. The first-order chi connectivity index (χ1) is 15.8. The highest BCUT2D eigenvalue weighted by Crippen LogP contribution is 2.29. The molecule has 8 nitrogen and oxygen atoms in total. The Hall–Kier alpha value is -2.01. The van der Waals surface area contributed by atoms with Crippen LogP contribution in [0, 0.1) is 20.8 Å². The molecule has 0 unspecified atom stereocenters. The lowest BCUT2D eigenvalue weighted by Gasteiger charge is -2.11. The maximum atomic E-state index is 12.0.